The van der Waals surface area contributed by atoms with E-state index in [1.54, 1.807) is 6.07 Å². The Labute approximate surface area is 116 Å². The van der Waals surface area contributed by atoms with Gasteiger partial charge in [0.05, 0.1) is 0 Å². The molecular formula is C16H27FN2. The van der Waals surface area contributed by atoms with Crippen molar-refractivity contribution >= 4 is 5.69 Å². The zero-order valence-corrected chi connectivity index (χ0v) is 12.5. The highest BCUT2D eigenvalue weighted by atomic mass is 19.1. The lowest BCUT2D eigenvalue weighted by Crippen LogP contribution is -2.27. The van der Waals surface area contributed by atoms with E-state index < -0.39 is 0 Å². The van der Waals surface area contributed by atoms with E-state index >= 15 is 0 Å². The van der Waals surface area contributed by atoms with Crippen molar-refractivity contribution < 1.29 is 4.39 Å². The van der Waals surface area contributed by atoms with Gasteiger partial charge in [-0.3, -0.25) is 0 Å². The first-order chi connectivity index (χ1) is 9.10. The molecule has 2 nitrogen and oxygen atoms in total. The molecule has 0 saturated heterocycles. The van der Waals surface area contributed by atoms with Crippen LogP contribution in [0.2, 0.25) is 0 Å². The summed E-state index contributed by atoms with van der Waals surface area (Å²) in [5, 5.41) is 0. The van der Waals surface area contributed by atoms with Crippen molar-refractivity contribution in [1.29, 1.82) is 0 Å². The van der Waals surface area contributed by atoms with Crippen molar-refractivity contribution in [2.45, 2.75) is 52.5 Å². The summed E-state index contributed by atoms with van der Waals surface area (Å²) in [4.78, 5) is 2.35. The summed E-state index contributed by atoms with van der Waals surface area (Å²) in [7, 11) is 0. The Morgan fingerprint density at radius 3 is 2.21 bits per heavy atom. The average Bonchev–Trinajstić information content (AvgIpc) is 2.39. The van der Waals surface area contributed by atoms with E-state index in [4.69, 9.17) is 5.73 Å². The molecule has 0 aliphatic carbocycles. The third kappa shape index (κ3) is 4.83. The Morgan fingerprint density at radius 1 is 1.16 bits per heavy atom. The standard InChI is InChI=1S/C16H27FN2/c1-4-6-10-19(11-7-5-2)16-9-8-14(17)12-15(16)13(3)18/h8-9,12-13H,4-7,10-11,18H2,1-3H3/t13-/m1/s1. The van der Waals surface area contributed by atoms with E-state index in [1.807, 2.05) is 13.0 Å². The number of unbranched alkanes of at least 4 members (excludes halogenated alkanes) is 2. The van der Waals surface area contributed by atoms with Gasteiger partial charge < -0.3 is 10.6 Å². The van der Waals surface area contributed by atoms with E-state index in [-0.39, 0.29) is 11.9 Å². The number of hydrogen-bond donors (Lipinski definition) is 1. The second-order valence-corrected chi connectivity index (χ2v) is 5.19. The number of benzene rings is 1. The van der Waals surface area contributed by atoms with Gasteiger partial charge >= 0.3 is 0 Å². The molecule has 0 heterocycles. The molecule has 3 heteroatoms. The van der Waals surface area contributed by atoms with E-state index in [9.17, 15) is 4.39 Å². The molecule has 0 saturated carbocycles. The summed E-state index contributed by atoms with van der Waals surface area (Å²) in [6.45, 7) is 8.32. The lowest BCUT2D eigenvalue weighted by atomic mass is 10.0. The van der Waals surface area contributed by atoms with Gasteiger partial charge in [-0.25, -0.2) is 4.39 Å². The number of anilines is 1. The maximum absolute atomic E-state index is 13.4. The van der Waals surface area contributed by atoms with Crippen LogP contribution in [0.4, 0.5) is 10.1 Å². The smallest absolute Gasteiger partial charge is 0.123 e. The van der Waals surface area contributed by atoms with E-state index in [0.717, 1.165) is 50.0 Å². The Balaban J connectivity index is 2.98. The molecule has 0 bridgehead atoms. The number of rotatable bonds is 8. The number of hydrogen-bond acceptors (Lipinski definition) is 2. The Morgan fingerprint density at radius 2 is 1.74 bits per heavy atom. The first-order valence-corrected chi connectivity index (χ1v) is 7.40. The van der Waals surface area contributed by atoms with E-state index in [1.165, 1.54) is 6.07 Å². The Hall–Kier alpha value is -1.09. The predicted octanol–water partition coefficient (Wildman–Crippen LogP) is 4.25. The molecule has 0 spiro atoms. The highest BCUT2D eigenvalue weighted by Crippen LogP contribution is 2.27. The van der Waals surface area contributed by atoms with Crippen LogP contribution in [0.15, 0.2) is 18.2 Å². The third-order valence-corrected chi connectivity index (χ3v) is 3.38. The summed E-state index contributed by atoms with van der Waals surface area (Å²) in [5.74, 6) is -0.206. The molecule has 0 fully saturated rings. The van der Waals surface area contributed by atoms with Crippen molar-refractivity contribution in [1.82, 2.24) is 0 Å². The van der Waals surface area contributed by atoms with Crippen molar-refractivity contribution in [3.05, 3.63) is 29.6 Å². The first kappa shape index (κ1) is 16.0. The molecule has 1 aromatic rings. The van der Waals surface area contributed by atoms with Crippen molar-refractivity contribution in [3.63, 3.8) is 0 Å². The molecule has 1 rings (SSSR count). The number of nitrogens with zero attached hydrogens (tertiary/aromatic N) is 1. The minimum Gasteiger partial charge on any atom is -0.371 e. The maximum atomic E-state index is 13.4. The second-order valence-electron chi connectivity index (χ2n) is 5.19. The van der Waals surface area contributed by atoms with Crippen LogP contribution in [0.3, 0.4) is 0 Å². The van der Waals surface area contributed by atoms with Gasteiger partial charge in [0.15, 0.2) is 0 Å². The van der Waals surface area contributed by atoms with Gasteiger partial charge in [0, 0.05) is 24.8 Å². The maximum Gasteiger partial charge on any atom is 0.123 e. The minimum atomic E-state index is -0.206. The number of nitrogens with two attached hydrogens (primary N) is 1. The van der Waals surface area contributed by atoms with Gasteiger partial charge in [-0.2, -0.15) is 0 Å². The SMILES string of the molecule is CCCCN(CCCC)c1ccc(F)cc1[C@@H](C)N. The fourth-order valence-electron chi connectivity index (χ4n) is 2.23. The first-order valence-electron chi connectivity index (χ1n) is 7.40. The molecule has 0 unspecified atom stereocenters. The number of halogens is 1. The van der Waals surface area contributed by atoms with Crippen LogP contribution in [0, 0.1) is 5.82 Å². The van der Waals surface area contributed by atoms with Crippen LogP contribution in [-0.2, 0) is 0 Å². The summed E-state index contributed by atoms with van der Waals surface area (Å²) in [6.07, 6.45) is 4.63. The fourth-order valence-corrected chi connectivity index (χ4v) is 2.23. The molecule has 0 amide bonds. The minimum absolute atomic E-state index is 0.142. The largest absolute Gasteiger partial charge is 0.371 e. The molecule has 1 atom stereocenters. The van der Waals surface area contributed by atoms with Crippen LogP contribution in [0.25, 0.3) is 0 Å². The Kier molecular flexibility index (Phi) is 6.85. The lowest BCUT2D eigenvalue weighted by Gasteiger charge is -2.28. The van der Waals surface area contributed by atoms with Gasteiger partial charge in [0.2, 0.25) is 0 Å². The third-order valence-electron chi connectivity index (χ3n) is 3.38. The zero-order chi connectivity index (χ0) is 14.3. The molecule has 1 aromatic carbocycles. The van der Waals surface area contributed by atoms with E-state index in [2.05, 4.69) is 18.7 Å². The predicted molar refractivity (Wildman–Crippen MR) is 81.0 cm³/mol. The average molecular weight is 266 g/mol. The second kappa shape index (κ2) is 8.16. The van der Waals surface area contributed by atoms with Crippen molar-refractivity contribution in [3.8, 4) is 0 Å². The monoisotopic (exact) mass is 266 g/mol. The molecule has 0 aromatic heterocycles. The highest BCUT2D eigenvalue weighted by Gasteiger charge is 2.14. The molecule has 0 aliphatic heterocycles. The summed E-state index contributed by atoms with van der Waals surface area (Å²) < 4.78 is 13.4. The molecule has 19 heavy (non-hydrogen) atoms. The van der Waals surface area contributed by atoms with Crippen LogP contribution in [-0.4, -0.2) is 13.1 Å². The molecule has 0 aliphatic rings. The summed E-state index contributed by atoms with van der Waals surface area (Å²) in [5.41, 5.74) is 7.99. The molecule has 2 N–H and O–H groups in total. The van der Waals surface area contributed by atoms with Gasteiger partial charge in [-0.1, -0.05) is 26.7 Å². The van der Waals surface area contributed by atoms with Crippen molar-refractivity contribution in [2.24, 2.45) is 5.73 Å². The highest BCUT2D eigenvalue weighted by molar-refractivity contribution is 5.55. The van der Waals surface area contributed by atoms with Crippen molar-refractivity contribution in [2.75, 3.05) is 18.0 Å². The van der Waals surface area contributed by atoms with Gasteiger partial charge in [0.1, 0.15) is 5.82 Å². The zero-order valence-electron chi connectivity index (χ0n) is 12.5. The quantitative estimate of drug-likeness (QED) is 0.762. The summed E-state index contributed by atoms with van der Waals surface area (Å²) >= 11 is 0. The fraction of sp³-hybridized carbons (Fsp3) is 0.625. The van der Waals surface area contributed by atoms with Gasteiger partial charge in [0.25, 0.3) is 0 Å². The topological polar surface area (TPSA) is 29.3 Å². The van der Waals surface area contributed by atoms with Gasteiger partial charge in [-0.05, 0) is 43.5 Å². The Bertz CT molecular complexity index is 369. The molecule has 0 radical (unpaired) electrons. The van der Waals surface area contributed by atoms with Gasteiger partial charge in [-0.15, -0.1) is 0 Å². The van der Waals surface area contributed by atoms with Crippen LogP contribution < -0.4 is 10.6 Å². The van der Waals surface area contributed by atoms with E-state index in [0.29, 0.717) is 0 Å². The van der Waals surface area contributed by atoms with Crippen LogP contribution in [0.1, 0.15) is 58.1 Å². The summed E-state index contributed by atoms with van der Waals surface area (Å²) in [6, 6.07) is 4.84. The normalized spacial score (nSPS) is 12.5. The lowest BCUT2D eigenvalue weighted by molar-refractivity contribution is 0.619. The van der Waals surface area contributed by atoms with Crippen LogP contribution in [0.5, 0.6) is 0 Å². The molecule has 108 valence electrons. The van der Waals surface area contributed by atoms with Crippen LogP contribution >= 0.6 is 0 Å². The molecular weight excluding hydrogens is 239 g/mol.